The molecule has 0 aromatic heterocycles. The summed E-state index contributed by atoms with van der Waals surface area (Å²) >= 11 is 0. The zero-order valence-electron chi connectivity index (χ0n) is 23.9. The number of rotatable bonds is 13. The van der Waals surface area contributed by atoms with Crippen molar-refractivity contribution < 1.29 is 28.7 Å². The molecule has 39 heavy (non-hydrogen) atoms. The van der Waals surface area contributed by atoms with Gasteiger partial charge in [0.15, 0.2) is 5.78 Å². The van der Waals surface area contributed by atoms with Crippen molar-refractivity contribution in [3.8, 4) is 0 Å². The highest BCUT2D eigenvalue weighted by Gasteiger charge is 2.32. The summed E-state index contributed by atoms with van der Waals surface area (Å²) in [5, 5.41) is 5.52. The number of ether oxygens (including phenoxy) is 2. The Labute approximate surface area is 231 Å². The van der Waals surface area contributed by atoms with Crippen LogP contribution in [-0.4, -0.2) is 48.5 Å². The minimum absolute atomic E-state index is 0.135. The zero-order chi connectivity index (χ0) is 29.0. The van der Waals surface area contributed by atoms with Gasteiger partial charge >= 0.3 is 12.1 Å². The molecule has 0 bridgehead atoms. The van der Waals surface area contributed by atoms with Crippen molar-refractivity contribution >= 4 is 23.8 Å². The Morgan fingerprint density at radius 3 is 1.82 bits per heavy atom. The predicted octanol–water partition coefficient (Wildman–Crippen LogP) is 4.64. The molecule has 0 radical (unpaired) electrons. The second-order valence-corrected chi connectivity index (χ2v) is 11.2. The lowest BCUT2D eigenvalue weighted by Crippen LogP contribution is -2.48. The van der Waals surface area contributed by atoms with Crippen LogP contribution in [0, 0.1) is 11.8 Å². The summed E-state index contributed by atoms with van der Waals surface area (Å²) in [5.41, 5.74) is 1.00. The van der Waals surface area contributed by atoms with Crippen molar-refractivity contribution in [1.29, 1.82) is 0 Å². The van der Waals surface area contributed by atoms with E-state index in [1.807, 2.05) is 74.5 Å². The highest BCUT2D eigenvalue weighted by atomic mass is 16.6. The molecular formula is C31H42N2O6. The first-order valence-corrected chi connectivity index (χ1v) is 13.4. The van der Waals surface area contributed by atoms with E-state index in [9.17, 15) is 19.2 Å². The molecular weight excluding hydrogens is 496 g/mol. The van der Waals surface area contributed by atoms with Crippen LogP contribution in [0.4, 0.5) is 4.79 Å². The maximum Gasteiger partial charge on any atom is 0.408 e. The number of benzene rings is 2. The number of methoxy groups -OCH3 is 1. The van der Waals surface area contributed by atoms with E-state index < -0.39 is 41.6 Å². The van der Waals surface area contributed by atoms with Crippen molar-refractivity contribution in [2.75, 3.05) is 7.11 Å². The van der Waals surface area contributed by atoms with E-state index in [0.29, 0.717) is 12.8 Å². The molecule has 0 aliphatic heterocycles. The summed E-state index contributed by atoms with van der Waals surface area (Å²) in [7, 11) is 1.28. The van der Waals surface area contributed by atoms with Crippen LogP contribution in [0.25, 0.3) is 0 Å². The minimum atomic E-state index is -0.902. The first kappa shape index (κ1) is 31.5. The van der Waals surface area contributed by atoms with Crippen molar-refractivity contribution in [2.45, 2.75) is 78.0 Å². The van der Waals surface area contributed by atoms with Crippen LogP contribution in [0.15, 0.2) is 60.7 Å². The minimum Gasteiger partial charge on any atom is -0.467 e. The maximum absolute atomic E-state index is 13.7. The van der Waals surface area contributed by atoms with Crippen molar-refractivity contribution in [3.05, 3.63) is 71.8 Å². The standard InChI is InChI=1S/C31H42N2O6/c1-21(2)17-26(29(36)38-6)32-28(35)24(18-22-13-9-7-10-14-22)20-27(34)25(19-23-15-11-8-12-16-23)33-30(37)39-31(3,4)5/h7-16,21,24-26H,17-20H2,1-6H3,(H,32,35)(H,33,37)/t24-,25+,26+/m0/s1. The van der Waals surface area contributed by atoms with Gasteiger partial charge in [0.1, 0.15) is 11.6 Å². The number of ketones is 1. The summed E-state index contributed by atoms with van der Waals surface area (Å²) in [4.78, 5) is 52.2. The SMILES string of the molecule is COC(=O)[C@@H](CC(C)C)NC(=O)[C@H](CC(=O)[C@@H](Cc1ccccc1)NC(=O)OC(C)(C)C)Cc1ccccc1. The summed E-state index contributed by atoms with van der Waals surface area (Å²) < 4.78 is 10.3. The normalized spacial score (nSPS) is 13.6. The molecule has 0 spiro atoms. The van der Waals surface area contributed by atoms with Crippen molar-refractivity contribution in [1.82, 2.24) is 10.6 Å². The number of amides is 2. The van der Waals surface area contributed by atoms with Crippen molar-refractivity contribution in [2.24, 2.45) is 11.8 Å². The average Bonchev–Trinajstić information content (AvgIpc) is 2.86. The second-order valence-electron chi connectivity index (χ2n) is 11.2. The fraction of sp³-hybridized carbons (Fsp3) is 0.484. The van der Waals surface area contributed by atoms with Gasteiger partial charge in [-0.1, -0.05) is 74.5 Å². The molecule has 0 saturated carbocycles. The smallest absolute Gasteiger partial charge is 0.408 e. The van der Waals surface area contributed by atoms with Gasteiger partial charge in [0, 0.05) is 12.3 Å². The number of Topliss-reactive ketones (excluding diaryl/α,β-unsaturated/α-hetero) is 1. The van der Waals surface area contributed by atoms with Crippen LogP contribution in [-0.2, 0) is 36.7 Å². The molecule has 0 heterocycles. The Balaban J connectivity index is 2.30. The van der Waals surface area contributed by atoms with Crippen LogP contribution >= 0.6 is 0 Å². The summed E-state index contributed by atoms with van der Waals surface area (Å²) in [6.45, 7) is 9.13. The highest BCUT2D eigenvalue weighted by molar-refractivity contribution is 5.93. The molecule has 8 heteroatoms. The van der Waals surface area contributed by atoms with Gasteiger partial charge < -0.3 is 20.1 Å². The topological polar surface area (TPSA) is 111 Å². The lowest BCUT2D eigenvalue weighted by molar-refractivity contribution is -0.146. The average molecular weight is 539 g/mol. The first-order chi connectivity index (χ1) is 18.4. The zero-order valence-corrected chi connectivity index (χ0v) is 23.9. The second kappa shape index (κ2) is 15.0. The van der Waals surface area contributed by atoms with Crippen LogP contribution < -0.4 is 10.6 Å². The largest absolute Gasteiger partial charge is 0.467 e. The molecule has 2 N–H and O–H groups in total. The fourth-order valence-corrected chi connectivity index (χ4v) is 4.20. The Morgan fingerprint density at radius 2 is 1.33 bits per heavy atom. The van der Waals surface area contributed by atoms with E-state index in [1.54, 1.807) is 20.8 Å². The summed E-state index contributed by atoms with van der Waals surface area (Å²) in [5.74, 6) is -1.89. The number of hydrogen-bond donors (Lipinski definition) is 2. The monoisotopic (exact) mass is 538 g/mol. The molecule has 3 atom stereocenters. The Morgan fingerprint density at radius 1 is 0.795 bits per heavy atom. The fourth-order valence-electron chi connectivity index (χ4n) is 4.20. The molecule has 2 aromatic rings. The third kappa shape index (κ3) is 11.7. The van der Waals surface area contributed by atoms with Gasteiger partial charge in [-0.25, -0.2) is 9.59 Å². The molecule has 0 fully saturated rings. The number of esters is 1. The van der Waals surface area contributed by atoms with Crippen LogP contribution in [0.5, 0.6) is 0 Å². The van der Waals surface area contributed by atoms with Crippen LogP contribution in [0.3, 0.4) is 0 Å². The number of nitrogens with one attached hydrogen (secondary N) is 2. The van der Waals surface area contributed by atoms with Crippen molar-refractivity contribution in [3.63, 3.8) is 0 Å². The molecule has 8 nitrogen and oxygen atoms in total. The number of carbonyl (C=O) groups excluding carboxylic acids is 4. The molecule has 2 amide bonds. The predicted molar refractivity (Wildman–Crippen MR) is 150 cm³/mol. The highest BCUT2D eigenvalue weighted by Crippen LogP contribution is 2.18. The van der Waals surface area contributed by atoms with Gasteiger partial charge in [0.05, 0.1) is 13.2 Å². The molecule has 0 aliphatic carbocycles. The number of carbonyl (C=O) groups is 4. The van der Waals surface area contributed by atoms with E-state index in [2.05, 4.69) is 10.6 Å². The molecule has 0 aliphatic rings. The van der Waals surface area contributed by atoms with E-state index in [0.717, 1.165) is 11.1 Å². The number of alkyl carbamates (subject to hydrolysis) is 1. The third-order valence-electron chi connectivity index (χ3n) is 6.01. The van der Waals surface area contributed by atoms with E-state index in [-0.39, 0.29) is 24.5 Å². The van der Waals surface area contributed by atoms with Gasteiger partial charge in [-0.05, 0) is 57.1 Å². The molecule has 0 saturated heterocycles. The van der Waals surface area contributed by atoms with Crippen LogP contribution in [0.2, 0.25) is 0 Å². The Bertz CT molecular complexity index is 1080. The molecule has 2 aromatic carbocycles. The van der Waals surface area contributed by atoms with E-state index >= 15 is 0 Å². The van der Waals surface area contributed by atoms with Gasteiger partial charge in [-0.2, -0.15) is 0 Å². The van der Waals surface area contributed by atoms with Gasteiger partial charge in [0.25, 0.3) is 0 Å². The van der Waals surface area contributed by atoms with Crippen LogP contribution in [0.1, 0.15) is 58.6 Å². The third-order valence-corrected chi connectivity index (χ3v) is 6.01. The van der Waals surface area contributed by atoms with Gasteiger partial charge in [-0.15, -0.1) is 0 Å². The van der Waals surface area contributed by atoms with E-state index in [1.165, 1.54) is 7.11 Å². The molecule has 0 unspecified atom stereocenters. The van der Waals surface area contributed by atoms with E-state index in [4.69, 9.17) is 9.47 Å². The Hall–Kier alpha value is -3.68. The molecule has 2 rings (SSSR count). The maximum atomic E-state index is 13.7. The summed E-state index contributed by atoms with van der Waals surface area (Å²) in [6.07, 6.45) is 0.101. The van der Waals surface area contributed by atoms with Gasteiger partial charge in [-0.3, -0.25) is 9.59 Å². The summed E-state index contributed by atoms with van der Waals surface area (Å²) in [6, 6.07) is 17.0. The Kier molecular flexibility index (Phi) is 12.2. The molecule has 212 valence electrons. The lowest BCUT2D eigenvalue weighted by atomic mass is 9.89. The number of hydrogen-bond acceptors (Lipinski definition) is 6. The first-order valence-electron chi connectivity index (χ1n) is 13.4. The quantitative estimate of drug-likeness (QED) is 0.360. The van der Waals surface area contributed by atoms with Gasteiger partial charge in [0.2, 0.25) is 5.91 Å². The lowest BCUT2D eigenvalue weighted by Gasteiger charge is -2.25.